The molecule has 3 rings (SSSR count). The molecular formula is C19H29FIN5O. The minimum atomic E-state index is -0.131. The molecule has 8 heteroatoms. The lowest BCUT2D eigenvalue weighted by molar-refractivity contribution is -0.122. The Morgan fingerprint density at radius 1 is 1.26 bits per heavy atom. The zero-order valence-electron chi connectivity index (χ0n) is 15.9. The number of aliphatic imine (C=N–C) groups is 1. The van der Waals surface area contributed by atoms with Gasteiger partial charge in [0.05, 0.1) is 6.54 Å². The van der Waals surface area contributed by atoms with Gasteiger partial charge in [-0.05, 0) is 30.9 Å². The molecular weight excluding hydrogens is 460 g/mol. The van der Waals surface area contributed by atoms with E-state index in [2.05, 4.69) is 25.8 Å². The van der Waals surface area contributed by atoms with Crippen LogP contribution >= 0.6 is 24.0 Å². The molecule has 2 unspecified atom stereocenters. The molecule has 3 N–H and O–H groups in total. The summed E-state index contributed by atoms with van der Waals surface area (Å²) in [5.74, 6) is 0.915. The normalized spacial score (nSPS) is 23.3. The van der Waals surface area contributed by atoms with E-state index in [1.54, 1.807) is 20.2 Å². The smallest absolute Gasteiger partial charge is 0.233 e. The maximum Gasteiger partial charge on any atom is 0.233 e. The third-order valence-electron chi connectivity index (χ3n) is 5.22. The first-order valence-electron chi connectivity index (χ1n) is 9.28. The predicted molar refractivity (Wildman–Crippen MR) is 116 cm³/mol. The fourth-order valence-corrected chi connectivity index (χ4v) is 3.53. The Bertz CT molecular complexity index is 663. The molecule has 1 aliphatic heterocycles. The summed E-state index contributed by atoms with van der Waals surface area (Å²) in [6, 6.07) is 7.55. The van der Waals surface area contributed by atoms with Crippen LogP contribution in [0.15, 0.2) is 29.3 Å². The Hall–Kier alpha value is -1.42. The van der Waals surface area contributed by atoms with Gasteiger partial charge in [-0.2, -0.15) is 0 Å². The summed E-state index contributed by atoms with van der Waals surface area (Å²) >= 11 is 0. The highest BCUT2D eigenvalue weighted by atomic mass is 127. The Labute approximate surface area is 177 Å². The van der Waals surface area contributed by atoms with Crippen molar-refractivity contribution in [2.75, 3.05) is 33.7 Å². The molecule has 2 aliphatic rings. The second kappa shape index (κ2) is 10.2. The topological polar surface area (TPSA) is 68.8 Å². The SMILES string of the molecule is CN=C(NC1CCN(CC(=O)NC)CC1)NC1CC1c1ccccc1F.I. The van der Waals surface area contributed by atoms with E-state index < -0.39 is 0 Å². The molecule has 2 fully saturated rings. The number of amides is 1. The van der Waals surface area contributed by atoms with Crippen LogP contribution in [-0.4, -0.2) is 62.6 Å². The number of carbonyl (C=O) groups is 1. The first-order valence-corrected chi connectivity index (χ1v) is 9.28. The van der Waals surface area contributed by atoms with Crippen LogP contribution in [0.5, 0.6) is 0 Å². The van der Waals surface area contributed by atoms with Crippen molar-refractivity contribution in [3.05, 3.63) is 35.6 Å². The van der Waals surface area contributed by atoms with E-state index in [-0.39, 0.29) is 47.7 Å². The number of guanidine groups is 1. The van der Waals surface area contributed by atoms with E-state index in [4.69, 9.17) is 0 Å². The summed E-state index contributed by atoms with van der Waals surface area (Å²) in [5.41, 5.74) is 0.781. The number of hydrogen-bond donors (Lipinski definition) is 3. The molecule has 1 heterocycles. The Kier molecular flexibility index (Phi) is 8.28. The lowest BCUT2D eigenvalue weighted by atomic mass is 10.1. The summed E-state index contributed by atoms with van der Waals surface area (Å²) in [4.78, 5) is 17.9. The van der Waals surface area contributed by atoms with Gasteiger partial charge in [-0.1, -0.05) is 18.2 Å². The standard InChI is InChI=1S/C19H28FN5O.HI/c1-21-18(26)12-25-9-7-13(8-10-25)23-19(22-2)24-17-11-15(17)14-5-3-4-6-16(14)20;/h3-6,13,15,17H,7-12H2,1-2H3,(H,21,26)(H2,22,23,24);1H. The van der Waals surface area contributed by atoms with Gasteiger partial charge in [0.1, 0.15) is 5.82 Å². The van der Waals surface area contributed by atoms with Crippen LogP contribution in [0.2, 0.25) is 0 Å². The van der Waals surface area contributed by atoms with Crippen molar-refractivity contribution < 1.29 is 9.18 Å². The molecule has 0 radical (unpaired) electrons. The minimum Gasteiger partial charge on any atom is -0.358 e. The number of nitrogens with zero attached hydrogens (tertiary/aromatic N) is 2. The van der Waals surface area contributed by atoms with Crippen LogP contribution in [0.25, 0.3) is 0 Å². The van der Waals surface area contributed by atoms with Gasteiger partial charge in [0.25, 0.3) is 0 Å². The van der Waals surface area contributed by atoms with E-state index in [0.717, 1.165) is 43.9 Å². The molecule has 2 atom stereocenters. The summed E-state index contributed by atoms with van der Waals surface area (Å²) in [7, 11) is 3.43. The van der Waals surface area contributed by atoms with Crippen molar-refractivity contribution in [3.63, 3.8) is 0 Å². The number of benzene rings is 1. The van der Waals surface area contributed by atoms with E-state index in [9.17, 15) is 9.18 Å². The maximum absolute atomic E-state index is 13.9. The number of piperidine rings is 1. The molecule has 1 saturated carbocycles. The average Bonchev–Trinajstić information content (AvgIpc) is 3.41. The monoisotopic (exact) mass is 489 g/mol. The summed E-state index contributed by atoms with van der Waals surface area (Å²) in [5, 5.41) is 9.54. The van der Waals surface area contributed by atoms with Crippen molar-refractivity contribution >= 4 is 35.8 Å². The molecule has 1 aromatic rings. The molecule has 0 aromatic heterocycles. The van der Waals surface area contributed by atoms with Gasteiger partial charge < -0.3 is 16.0 Å². The third-order valence-corrected chi connectivity index (χ3v) is 5.22. The molecule has 6 nitrogen and oxygen atoms in total. The largest absolute Gasteiger partial charge is 0.358 e. The zero-order valence-corrected chi connectivity index (χ0v) is 18.2. The van der Waals surface area contributed by atoms with Crippen molar-refractivity contribution in [2.24, 2.45) is 4.99 Å². The fourth-order valence-electron chi connectivity index (χ4n) is 3.53. The highest BCUT2D eigenvalue weighted by Crippen LogP contribution is 2.41. The molecule has 0 bridgehead atoms. The van der Waals surface area contributed by atoms with Gasteiger partial charge in [-0.15, -0.1) is 24.0 Å². The van der Waals surface area contributed by atoms with E-state index in [1.807, 2.05) is 12.1 Å². The highest BCUT2D eigenvalue weighted by Gasteiger charge is 2.40. The Morgan fingerprint density at radius 2 is 1.96 bits per heavy atom. The second-order valence-electron chi connectivity index (χ2n) is 7.05. The van der Waals surface area contributed by atoms with Crippen LogP contribution in [-0.2, 0) is 4.79 Å². The number of rotatable bonds is 5. The van der Waals surface area contributed by atoms with Crippen LogP contribution in [0.4, 0.5) is 4.39 Å². The Morgan fingerprint density at radius 3 is 2.59 bits per heavy atom. The molecule has 1 aromatic carbocycles. The quantitative estimate of drug-likeness (QED) is 0.335. The maximum atomic E-state index is 13.9. The summed E-state index contributed by atoms with van der Waals surface area (Å²) < 4.78 is 13.9. The second-order valence-corrected chi connectivity index (χ2v) is 7.05. The van der Waals surface area contributed by atoms with Gasteiger partial charge in [-0.25, -0.2) is 4.39 Å². The minimum absolute atomic E-state index is 0. The van der Waals surface area contributed by atoms with Gasteiger partial charge >= 0.3 is 0 Å². The van der Waals surface area contributed by atoms with Gasteiger partial charge in [0.2, 0.25) is 5.91 Å². The van der Waals surface area contributed by atoms with Crippen LogP contribution in [0, 0.1) is 5.82 Å². The summed E-state index contributed by atoms with van der Waals surface area (Å²) in [6.07, 6.45) is 2.87. The van der Waals surface area contributed by atoms with Gasteiger partial charge in [-0.3, -0.25) is 14.7 Å². The summed E-state index contributed by atoms with van der Waals surface area (Å²) in [6.45, 7) is 2.25. The van der Waals surface area contributed by atoms with Crippen LogP contribution in [0.1, 0.15) is 30.7 Å². The number of carbonyl (C=O) groups excluding carboxylic acids is 1. The van der Waals surface area contributed by atoms with Crippen molar-refractivity contribution in [1.82, 2.24) is 20.9 Å². The number of likely N-dealkylation sites (tertiary alicyclic amines) is 1. The lowest BCUT2D eigenvalue weighted by Gasteiger charge is -2.32. The number of hydrogen-bond acceptors (Lipinski definition) is 3. The molecule has 1 saturated heterocycles. The molecule has 1 aliphatic carbocycles. The van der Waals surface area contributed by atoms with Crippen LogP contribution in [0.3, 0.4) is 0 Å². The Balaban J connectivity index is 0.00000261. The fraction of sp³-hybridized carbons (Fsp3) is 0.579. The van der Waals surface area contributed by atoms with E-state index in [0.29, 0.717) is 12.6 Å². The first-order chi connectivity index (χ1) is 12.6. The van der Waals surface area contributed by atoms with Gasteiger partial charge in [0.15, 0.2) is 5.96 Å². The first kappa shape index (κ1) is 21.9. The van der Waals surface area contributed by atoms with Crippen molar-refractivity contribution in [2.45, 2.75) is 37.3 Å². The average molecular weight is 489 g/mol. The number of halogens is 2. The van der Waals surface area contributed by atoms with E-state index >= 15 is 0 Å². The number of likely N-dealkylation sites (N-methyl/N-ethyl adjacent to an activating group) is 1. The van der Waals surface area contributed by atoms with E-state index in [1.165, 1.54) is 6.07 Å². The van der Waals surface area contributed by atoms with Crippen LogP contribution < -0.4 is 16.0 Å². The lowest BCUT2D eigenvalue weighted by Crippen LogP contribution is -2.50. The molecule has 150 valence electrons. The van der Waals surface area contributed by atoms with Gasteiger partial charge in [0, 0.05) is 45.2 Å². The molecule has 0 spiro atoms. The number of nitrogens with one attached hydrogen (secondary N) is 3. The zero-order chi connectivity index (χ0) is 18.5. The predicted octanol–water partition coefficient (Wildman–Crippen LogP) is 1.67. The molecule has 27 heavy (non-hydrogen) atoms. The van der Waals surface area contributed by atoms with Crippen molar-refractivity contribution in [1.29, 1.82) is 0 Å². The highest BCUT2D eigenvalue weighted by molar-refractivity contribution is 14.0. The third kappa shape index (κ3) is 6.03. The molecule has 1 amide bonds. The van der Waals surface area contributed by atoms with Crippen molar-refractivity contribution in [3.8, 4) is 0 Å².